The van der Waals surface area contributed by atoms with Crippen LogP contribution in [0.4, 0.5) is 0 Å². The fraction of sp³-hybridized carbons (Fsp3) is 0.400. The van der Waals surface area contributed by atoms with Crippen LogP contribution in [0.1, 0.15) is 36.8 Å². The molecule has 0 radical (unpaired) electrons. The van der Waals surface area contributed by atoms with Crippen LogP contribution in [0.2, 0.25) is 0 Å². The Morgan fingerprint density at radius 2 is 2.15 bits per heavy atom. The predicted molar refractivity (Wildman–Crippen MR) is 53.5 cm³/mol. The van der Waals surface area contributed by atoms with Gasteiger partial charge in [0.05, 0.1) is 0 Å². The van der Waals surface area contributed by atoms with Crippen LogP contribution < -0.4 is 5.73 Å². The Morgan fingerprint density at radius 1 is 1.54 bits per heavy atom. The number of rotatable bonds is 2. The van der Waals surface area contributed by atoms with Crippen molar-refractivity contribution in [3.8, 4) is 0 Å². The van der Waals surface area contributed by atoms with E-state index in [2.05, 4.69) is 4.98 Å². The van der Waals surface area contributed by atoms with Gasteiger partial charge < -0.3 is 5.73 Å². The van der Waals surface area contributed by atoms with Gasteiger partial charge in [0.1, 0.15) is 5.69 Å². The molecule has 0 unspecified atom stereocenters. The van der Waals surface area contributed by atoms with E-state index in [0.29, 0.717) is 5.69 Å². The number of aryl methyl sites for hydroxylation is 1. The average molecular weight is 180 g/mol. The molecule has 0 bridgehead atoms. The fourth-order valence-corrected chi connectivity index (χ4v) is 0.946. The van der Waals surface area contributed by atoms with E-state index in [1.54, 1.807) is 12.3 Å². The molecule has 72 valence electrons. The first kappa shape index (κ1) is 11.6. The topological polar surface area (TPSA) is 56.0 Å². The summed E-state index contributed by atoms with van der Waals surface area (Å²) in [4.78, 5) is 14.6. The fourth-order valence-electron chi connectivity index (χ4n) is 0.946. The van der Waals surface area contributed by atoms with Crippen LogP contribution in [0.3, 0.4) is 0 Å². The zero-order valence-corrected chi connectivity index (χ0v) is 8.37. The number of pyridine rings is 1. The van der Waals surface area contributed by atoms with Gasteiger partial charge in [-0.15, -0.1) is 0 Å². The van der Waals surface area contributed by atoms with Crippen LogP contribution in [-0.2, 0) is 6.42 Å². The van der Waals surface area contributed by atoms with E-state index in [4.69, 9.17) is 5.73 Å². The molecule has 2 N–H and O–H groups in total. The molecule has 1 amide bonds. The van der Waals surface area contributed by atoms with Gasteiger partial charge in [0, 0.05) is 6.20 Å². The number of hydrogen-bond acceptors (Lipinski definition) is 2. The van der Waals surface area contributed by atoms with Crippen LogP contribution in [0, 0.1) is 0 Å². The van der Waals surface area contributed by atoms with Crippen LogP contribution in [0.25, 0.3) is 0 Å². The average Bonchev–Trinajstić information content (AvgIpc) is 2.20. The number of nitrogens with zero attached hydrogens (tertiary/aromatic N) is 1. The van der Waals surface area contributed by atoms with Gasteiger partial charge in [-0.25, -0.2) is 0 Å². The smallest absolute Gasteiger partial charge is 0.267 e. The zero-order valence-electron chi connectivity index (χ0n) is 8.37. The third-order valence-corrected chi connectivity index (χ3v) is 1.51. The lowest BCUT2D eigenvalue weighted by Gasteiger charge is -2.00. The zero-order chi connectivity index (χ0) is 10.3. The van der Waals surface area contributed by atoms with Gasteiger partial charge in [-0.2, -0.15) is 0 Å². The molecule has 0 spiro atoms. The number of amides is 1. The second-order valence-electron chi connectivity index (χ2n) is 2.23. The SMILES string of the molecule is CC.CCc1cccnc1C(N)=O. The molecule has 0 saturated heterocycles. The normalized spacial score (nSPS) is 8.54. The minimum atomic E-state index is -0.456. The molecular formula is C10H16N2O. The van der Waals surface area contributed by atoms with Crippen molar-refractivity contribution in [1.29, 1.82) is 0 Å². The molecule has 1 rings (SSSR count). The first-order valence-electron chi connectivity index (χ1n) is 4.49. The number of primary amides is 1. The van der Waals surface area contributed by atoms with E-state index in [1.807, 2.05) is 26.8 Å². The van der Waals surface area contributed by atoms with Crippen molar-refractivity contribution in [2.24, 2.45) is 5.73 Å². The lowest BCUT2D eigenvalue weighted by Crippen LogP contribution is -2.15. The lowest BCUT2D eigenvalue weighted by atomic mass is 10.1. The Morgan fingerprint density at radius 3 is 2.54 bits per heavy atom. The minimum absolute atomic E-state index is 0.384. The first-order chi connectivity index (χ1) is 6.25. The largest absolute Gasteiger partial charge is 0.364 e. The van der Waals surface area contributed by atoms with Crippen LogP contribution in [-0.4, -0.2) is 10.9 Å². The third kappa shape index (κ3) is 3.23. The van der Waals surface area contributed by atoms with E-state index in [0.717, 1.165) is 12.0 Å². The van der Waals surface area contributed by atoms with Gasteiger partial charge in [-0.05, 0) is 18.1 Å². The molecule has 1 heterocycles. The lowest BCUT2D eigenvalue weighted by molar-refractivity contribution is 0.0994. The molecule has 0 fully saturated rings. The van der Waals surface area contributed by atoms with Gasteiger partial charge in [-0.1, -0.05) is 26.8 Å². The molecule has 0 atom stereocenters. The van der Waals surface area contributed by atoms with E-state index in [-0.39, 0.29) is 0 Å². The highest BCUT2D eigenvalue weighted by atomic mass is 16.1. The second-order valence-corrected chi connectivity index (χ2v) is 2.23. The predicted octanol–water partition coefficient (Wildman–Crippen LogP) is 1.77. The molecule has 0 aromatic carbocycles. The summed E-state index contributed by atoms with van der Waals surface area (Å²) in [5.41, 5.74) is 6.38. The Hall–Kier alpha value is -1.38. The van der Waals surface area contributed by atoms with Crippen molar-refractivity contribution in [1.82, 2.24) is 4.98 Å². The van der Waals surface area contributed by atoms with Gasteiger partial charge in [0.2, 0.25) is 0 Å². The monoisotopic (exact) mass is 180 g/mol. The van der Waals surface area contributed by atoms with Crippen molar-refractivity contribution >= 4 is 5.91 Å². The summed E-state index contributed by atoms with van der Waals surface area (Å²) in [6.07, 6.45) is 2.35. The van der Waals surface area contributed by atoms with Crippen molar-refractivity contribution in [3.05, 3.63) is 29.6 Å². The maximum atomic E-state index is 10.7. The number of carbonyl (C=O) groups excluding carboxylic acids is 1. The quantitative estimate of drug-likeness (QED) is 0.754. The van der Waals surface area contributed by atoms with Crippen LogP contribution >= 0.6 is 0 Å². The van der Waals surface area contributed by atoms with Crippen molar-refractivity contribution in [2.45, 2.75) is 27.2 Å². The summed E-state index contributed by atoms with van der Waals surface area (Å²) in [6.45, 7) is 5.96. The molecule has 1 aromatic heterocycles. The van der Waals surface area contributed by atoms with E-state index < -0.39 is 5.91 Å². The molecule has 13 heavy (non-hydrogen) atoms. The Balaban J connectivity index is 0.000000671. The summed E-state index contributed by atoms with van der Waals surface area (Å²) in [7, 11) is 0. The van der Waals surface area contributed by atoms with E-state index >= 15 is 0 Å². The number of aromatic nitrogens is 1. The summed E-state index contributed by atoms with van der Waals surface area (Å²) in [5, 5.41) is 0. The number of hydrogen-bond donors (Lipinski definition) is 1. The standard InChI is InChI=1S/C8H10N2O.C2H6/c1-2-6-4-3-5-10-7(6)8(9)11;1-2/h3-5H,2H2,1H3,(H2,9,11);1-2H3. The van der Waals surface area contributed by atoms with Crippen molar-refractivity contribution < 1.29 is 4.79 Å². The van der Waals surface area contributed by atoms with Crippen LogP contribution in [0.5, 0.6) is 0 Å². The second kappa shape index (κ2) is 6.17. The van der Waals surface area contributed by atoms with Crippen molar-refractivity contribution in [2.75, 3.05) is 0 Å². The van der Waals surface area contributed by atoms with Gasteiger partial charge >= 0.3 is 0 Å². The molecule has 0 aliphatic heterocycles. The highest BCUT2D eigenvalue weighted by molar-refractivity contribution is 5.92. The molecular weight excluding hydrogens is 164 g/mol. The summed E-state index contributed by atoms with van der Waals surface area (Å²) in [5.74, 6) is -0.456. The third-order valence-electron chi connectivity index (χ3n) is 1.51. The van der Waals surface area contributed by atoms with Crippen molar-refractivity contribution in [3.63, 3.8) is 0 Å². The molecule has 0 aliphatic rings. The maximum Gasteiger partial charge on any atom is 0.267 e. The van der Waals surface area contributed by atoms with Gasteiger partial charge in [0.15, 0.2) is 0 Å². The van der Waals surface area contributed by atoms with Crippen LogP contribution in [0.15, 0.2) is 18.3 Å². The van der Waals surface area contributed by atoms with Gasteiger partial charge in [-0.3, -0.25) is 9.78 Å². The molecule has 3 heteroatoms. The summed E-state index contributed by atoms with van der Waals surface area (Å²) < 4.78 is 0. The summed E-state index contributed by atoms with van der Waals surface area (Å²) in [6, 6.07) is 3.65. The molecule has 0 saturated carbocycles. The minimum Gasteiger partial charge on any atom is -0.364 e. The number of nitrogens with two attached hydrogens (primary N) is 1. The highest BCUT2D eigenvalue weighted by Gasteiger charge is 2.05. The molecule has 0 aliphatic carbocycles. The summed E-state index contributed by atoms with van der Waals surface area (Å²) >= 11 is 0. The molecule has 1 aromatic rings. The number of carbonyl (C=O) groups is 1. The first-order valence-corrected chi connectivity index (χ1v) is 4.49. The van der Waals surface area contributed by atoms with E-state index in [9.17, 15) is 4.79 Å². The molecule has 3 nitrogen and oxygen atoms in total. The highest BCUT2D eigenvalue weighted by Crippen LogP contribution is 2.04. The Bertz CT molecular complexity index is 271. The Kier molecular flexibility index (Phi) is 5.52. The maximum absolute atomic E-state index is 10.7. The van der Waals surface area contributed by atoms with Gasteiger partial charge in [0.25, 0.3) is 5.91 Å². The Labute approximate surface area is 79.0 Å². The van der Waals surface area contributed by atoms with E-state index in [1.165, 1.54) is 0 Å².